The molecule has 0 aliphatic heterocycles. The van der Waals surface area contributed by atoms with E-state index in [4.69, 9.17) is 11.6 Å². The Balaban J connectivity index is 2.06. The Bertz CT molecular complexity index is 631. The van der Waals surface area contributed by atoms with E-state index in [2.05, 4.69) is 43.2 Å². The van der Waals surface area contributed by atoms with Gasteiger partial charge in [0.05, 0.1) is 10.6 Å². The van der Waals surface area contributed by atoms with Crippen molar-refractivity contribution >= 4 is 49.4 Å². The summed E-state index contributed by atoms with van der Waals surface area (Å²) in [5.74, 6) is -0.180. The first-order chi connectivity index (χ1) is 9.61. The van der Waals surface area contributed by atoms with Gasteiger partial charge in [-0.3, -0.25) is 4.79 Å². The van der Waals surface area contributed by atoms with E-state index in [-0.39, 0.29) is 5.91 Å². The maximum absolute atomic E-state index is 12.1. The average molecular weight is 418 g/mol. The lowest BCUT2D eigenvalue weighted by Gasteiger charge is -2.08. The van der Waals surface area contributed by atoms with Crippen LogP contribution in [0.25, 0.3) is 0 Å². The van der Waals surface area contributed by atoms with Crippen molar-refractivity contribution < 1.29 is 4.79 Å². The zero-order chi connectivity index (χ0) is 14.5. The highest BCUT2D eigenvalue weighted by Gasteiger charge is 2.11. The predicted molar refractivity (Wildman–Crippen MR) is 89.4 cm³/mol. The largest absolute Gasteiger partial charge is 0.348 e. The van der Waals surface area contributed by atoms with Crippen LogP contribution < -0.4 is 5.32 Å². The summed E-state index contributed by atoms with van der Waals surface area (Å²) >= 11 is 12.8. The first-order valence-electron chi connectivity index (χ1n) is 5.98. The Kier molecular flexibility index (Phi) is 5.64. The van der Waals surface area contributed by atoms with E-state index in [1.165, 1.54) is 5.56 Å². The fourth-order valence-corrected chi connectivity index (χ4v) is 2.71. The summed E-state index contributed by atoms with van der Waals surface area (Å²) in [6, 6.07) is 13.3. The highest BCUT2D eigenvalue weighted by molar-refractivity contribution is 9.10. The molecule has 0 radical (unpaired) electrons. The molecule has 0 atom stereocenters. The maximum atomic E-state index is 12.1. The molecule has 1 N–H and O–H groups in total. The van der Waals surface area contributed by atoms with Crippen LogP contribution in [0.15, 0.2) is 46.9 Å². The SMILES string of the molecule is O=C(NCc1cccc(CBr)c1)c1cccc(Br)c1Cl. The van der Waals surface area contributed by atoms with Gasteiger partial charge in [-0.1, -0.05) is 57.9 Å². The van der Waals surface area contributed by atoms with Gasteiger partial charge >= 0.3 is 0 Å². The van der Waals surface area contributed by atoms with Crippen molar-refractivity contribution in [3.05, 3.63) is 68.7 Å². The zero-order valence-corrected chi connectivity index (χ0v) is 14.4. The molecular weight excluding hydrogens is 405 g/mol. The summed E-state index contributed by atoms with van der Waals surface area (Å²) in [5.41, 5.74) is 2.70. The van der Waals surface area contributed by atoms with E-state index >= 15 is 0 Å². The van der Waals surface area contributed by atoms with Crippen molar-refractivity contribution in [1.82, 2.24) is 5.32 Å². The van der Waals surface area contributed by atoms with Crippen LogP contribution in [0.3, 0.4) is 0 Å². The molecule has 5 heteroatoms. The second-order valence-electron chi connectivity index (χ2n) is 4.24. The molecule has 1 amide bonds. The lowest BCUT2D eigenvalue weighted by atomic mass is 10.1. The molecule has 2 aromatic carbocycles. The van der Waals surface area contributed by atoms with Crippen molar-refractivity contribution in [2.24, 2.45) is 0 Å². The Morgan fingerprint density at radius 1 is 1.15 bits per heavy atom. The van der Waals surface area contributed by atoms with Crippen LogP contribution in [0, 0.1) is 0 Å². The summed E-state index contributed by atoms with van der Waals surface area (Å²) < 4.78 is 0.716. The molecule has 0 aromatic heterocycles. The normalized spacial score (nSPS) is 10.3. The van der Waals surface area contributed by atoms with Gasteiger partial charge in [-0.25, -0.2) is 0 Å². The molecule has 20 heavy (non-hydrogen) atoms. The summed E-state index contributed by atoms with van der Waals surface area (Å²) in [7, 11) is 0. The Labute approximate surface area is 139 Å². The average Bonchev–Trinajstić information content (AvgIpc) is 2.48. The summed E-state index contributed by atoms with van der Waals surface area (Å²) in [6.45, 7) is 0.475. The number of carbonyl (C=O) groups is 1. The third-order valence-electron chi connectivity index (χ3n) is 2.79. The number of amides is 1. The molecule has 104 valence electrons. The molecule has 0 aliphatic carbocycles. The van der Waals surface area contributed by atoms with Crippen molar-refractivity contribution in [3.63, 3.8) is 0 Å². The minimum absolute atomic E-state index is 0.180. The number of halogens is 3. The molecule has 0 aliphatic rings. The van der Waals surface area contributed by atoms with E-state index in [1.807, 2.05) is 18.2 Å². The molecule has 2 rings (SSSR count). The Morgan fingerprint density at radius 2 is 1.85 bits per heavy atom. The molecule has 0 bridgehead atoms. The predicted octanol–water partition coefficient (Wildman–Crippen LogP) is 4.93. The molecule has 2 aromatic rings. The minimum atomic E-state index is -0.180. The van der Waals surface area contributed by atoms with Gasteiger partial charge in [-0.2, -0.15) is 0 Å². The molecular formula is C15H12Br2ClNO. The number of hydrogen-bond donors (Lipinski definition) is 1. The number of carbonyl (C=O) groups excluding carboxylic acids is 1. The zero-order valence-electron chi connectivity index (χ0n) is 10.5. The van der Waals surface area contributed by atoms with Gasteiger partial charge in [-0.15, -0.1) is 0 Å². The standard InChI is InChI=1S/C15H12Br2ClNO/c16-8-10-3-1-4-11(7-10)9-19-15(20)12-5-2-6-13(17)14(12)18/h1-7H,8-9H2,(H,19,20). The van der Waals surface area contributed by atoms with Crippen LogP contribution in [0.4, 0.5) is 0 Å². The fourth-order valence-electron chi connectivity index (χ4n) is 1.78. The topological polar surface area (TPSA) is 29.1 Å². The van der Waals surface area contributed by atoms with Crippen molar-refractivity contribution in [3.8, 4) is 0 Å². The van der Waals surface area contributed by atoms with Gasteiger partial charge in [0.2, 0.25) is 0 Å². The first-order valence-corrected chi connectivity index (χ1v) is 8.27. The highest BCUT2D eigenvalue weighted by atomic mass is 79.9. The van der Waals surface area contributed by atoms with Gasteiger partial charge in [-0.05, 0) is 39.2 Å². The van der Waals surface area contributed by atoms with E-state index in [9.17, 15) is 4.79 Å². The van der Waals surface area contributed by atoms with Crippen LogP contribution >= 0.6 is 43.5 Å². The first kappa shape index (κ1) is 15.5. The van der Waals surface area contributed by atoms with Gasteiger partial charge in [0.1, 0.15) is 0 Å². The lowest BCUT2D eigenvalue weighted by molar-refractivity contribution is 0.0951. The maximum Gasteiger partial charge on any atom is 0.253 e. The molecule has 0 saturated heterocycles. The Hall–Kier alpha value is -0.840. The molecule has 2 nitrogen and oxygen atoms in total. The van der Waals surface area contributed by atoms with Gasteiger partial charge in [0.15, 0.2) is 0 Å². The molecule has 0 unspecified atom stereocenters. The van der Waals surface area contributed by atoms with Crippen LogP contribution in [0.2, 0.25) is 5.02 Å². The van der Waals surface area contributed by atoms with Gasteiger partial charge in [0, 0.05) is 16.3 Å². The second kappa shape index (κ2) is 7.25. The van der Waals surface area contributed by atoms with E-state index in [0.29, 0.717) is 21.6 Å². The van der Waals surface area contributed by atoms with Crippen molar-refractivity contribution in [1.29, 1.82) is 0 Å². The summed E-state index contributed by atoms with van der Waals surface area (Å²) in [5, 5.41) is 4.10. The molecule has 0 heterocycles. The van der Waals surface area contributed by atoms with E-state index in [1.54, 1.807) is 18.2 Å². The van der Waals surface area contributed by atoms with Crippen LogP contribution in [-0.2, 0) is 11.9 Å². The highest BCUT2D eigenvalue weighted by Crippen LogP contribution is 2.25. The quantitative estimate of drug-likeness (QED) is 0.703. The van der Waals surface area contributed by atoms with Crippen LogP contribution in [-0.4, -0.2) is 5.91 Å². The molecule has 0 fully saturated rings. The fraction of sp³-hybridized carbons (Fsp3) is 0.133. The minimum Gasteiger partial charge on any atom is -0.348 e. The second-order valence-corrected chi connectivity index (χ2v) is 6.03. The summed E-state index contributed by atoms with van der Waals surface area (Å²) in [4.78, 5) is 12.1. The monoisotopic (exact) mass is 415 g/mol. The number of hydrogen-bond acceptors (Lipinski definition) is 1. The van der Waals surface area contributed by atoms with Crippen LogP contribution in [0.1, 0.15) is 21.5 Å². The van der Waals surface area contributed by atoms with Crippen molar-refractivity contribution in [2.75, 3.05) is 0 Å². The summed E-state index contributed by atoms with van der Waals surface area (Å²) in [6.07, 6.45) is 0. The molecule has 0 saturated carbocycles. The number of nitrogens with one attached hydrogen (secondary N) is 1. The van der Waals surface area contributed by atoms with Gasteiger partial charge in [0.25, 0.3) is 5.91 Å². The lowest BCUT2D eigenvalue weighted by Crippen LogP contribution is -2.23. The van der Waals surface area contributed by atoms with Crippen LogP contribution in [0.5, 0.6) is 0 Å². The molecule has 0 spiro atoms. The smallest absolute Gasteiger partial charge is 0.253 e. The third kappa shape index (κ3) is 3.84. The van der Waals surface area contributed by atoms with E-state index < -0.39 is 0 Å². The Morgan fingerprint density at radius 3 is 2.60 bits per heavy atom. The number of benzene rings is 2. The number of rotatable bonds is 4. The van der Waals surface area contributed by atoms with Gasteiger partial charge < -0.3 is 5.32 Å². The number of alkyl halides is 1. The third-order valence-corrected chi connectivity index (χ3v) is 4.74. The van der Waals surface area contributed by atoms with Crippen molar-refractivity contribution in [2.45, 2.75) is 11.9 Å². The van der Waals surface area contributed by atoms with E-state index in [0.717, 1.165) is 10.9 Å².